The van der Waals surface area contributed by atoms with Crippen LogP contribution in [0.4, 0.5) is 0 Å². The van der Waals surface area contributed by atoms with E-state index in [1.54, 1.807) is 6.92 Å². The average Bonchev–Trinajstić information content (AvgIpc) is 3.30. The minimum atomic E-state index is -1.36. The molecule has 1 heterocycles. The van der Waals surface area contributed by atoms with Gasteiger partial charge in [0.05, 0.1) is 23.9 Å². The first-order valence-corrected chi connectivity index (χ1v) is 17.2. The molecule has 0 aromatic rings. The molecular weight excluding hydrogens is 544 g/mol. The summed E-state index contributed by atoms with van der Waals surface area (Å²) in [6, 6.07) is 0. The van der Waals surface area contributed by atoms with E-state index in [-0.39, 0.29) is 39.6 Å². The third-order valence-electron chi connectivity index (χ3n) is 14.5. The molecule has 0 aromatic carbocycles. The van der Waals surface area contributed by atoms with Gasteiger partial charge in [0.1, 0.15) is 18.3 Å². The van der Waals surface area contributed by atoms with Crippen molar-refractivity contribution >= 4 is 0 Å². The van der Waals surface area contributed by atoms with Gasteiger partial charge >= 0.3 is 0 Å². The van der Waals surface area contributed by atoms with Crippen molar-refractivity contribution in [3.8, 4) is 0 Å². The van der Waals surface area contributed by atoms with E-state index in [9.17, 15) is 25.5 Å². The monoisotopic (exact) mass is 606 g/mol. The zero-order chi connectivity index (χ0) is 31.9. The van der Waals surface area contributed by atoms with Crippen molar-refractivity contribution in [3.05, 3.63) is 11.6 Å². The van der Waals surface area contributed by atoms with Crippen molar-refractivity contribution in [2.24, 2.45) is 45.3 Å². The van der Waals surface area contributed by atoms with Crippen LogP contribution in [-0.4, -0.2) is 74.0 Å². The summed E-state index contributed by atoms with van der Waals surface area (Å²) in [5.41, 5.74) is 0.403. The number of rotatable bonds is 6. The molecule has 7 nitrogen and oxygen atoms in total. The number of hydrogen-bond acceptors (Lipinski definition) is 7. The molecule has 1 saturated heterocycles. The lowest BCUT2D eigenvalue weighted by molar-refractivity contribution is -0.330. The molecular formula is C36H62O7. The highest BCUT2D eigenvalue weighted by Gasteiger charge is 2.71. The molecule has 0 spiro atoms. The van der Waals surface area contributed by atoms with Crippen LogP contribution in [0.1, 0.15) is 120 Å². The largest absolute Gasteiger partial charge is 0.393 e. The summed E-state index contributed by atoms with van der Waals surface area (Å²) in [6.07, 6.45) is 4.06. The summed E-state index contributed by atoms with van der Waals surface area (Å²) in [5.74, 6) is 0.875. The van der Waals surface area contributed by atoms with Crippen LogP contribution in [0.3, 0.4) is 0 Å². The Labute approximate surface area is 260 Å². The summed E-state index contributed by atoms with van der Waals surface area (Å²) in [4.78, 5) is 0. The first-order valence-electron chi connectivity index (χ1n) is 17.2. The molecule has 15 atom stereocenters. The Morgan fingerprint density at radius 2 is 1.51 bits per heavy atom. The number of aliphatic hydroxyl groups excluding tert-OH is 5. The highest BCUT2D eigenvalue weighted by molar-refractivity contribution is 5.20. The Bertz CT molecular complexity index is 1060. The minimum Gasteiger partial charge on any atom is -0.393 e. The van der Waals surface area contributed by atoms with Crippen LogP contribution in [0.15, 0.2) is 11.6 Å². The smallest absolute Gasteiger partial charge is 0.187 e. The Balaban J connectivity index is 1.49. The number of ether oxygens (including phenoxy) is 2. The van der Waals surface area contributed by atoms with E-state index < -0.39 is 42.4 Å². The van der Waals surface area contributed by atoms with Crippen molar-refractivity contribution in [3.63, 3.8) is 0 Å². The summed E-state index contributed by atoms with van der Waals surface area (Å²) in [7, 11) is 0. The zero-order valence-corrected chi connectivity index (χ0v) is 28.3. The normalized spacial score (nSPS) is 52.4. The lowest BCUT2D eigenvalue weighted by Gasteiger charge is -2.70. The molecule has 5 rings (SSSR count). The standard InChI is InChI=1S/C36H62O7/c1-20(2)11-10-15-36(9,43-31-30(41)29(40)28(39)21(3)42-31)22-12-17-35(8)27(22)23(37)19-25-33(6)16-14-26(38)32(4,5)24(33)13-18-34(25,35)7/h11,21-31,37-41H,10,12-19H2,1-9H3/t21?,22?,23-,24?,25?,26+,27?,28+,29?,30?,31+,33+,34-,35-,36+/m1/s1. The molecule has 5 fully saturated rings. The highest BCUT2D eigenvalue weighted by atomic mass is 16.7. The molecule has 0 bridgehead atoms. The van der Waals surface area contributed by atoms with E-state index in [2.05, 4.69) is 61.5 Å². The third-order valence-corrected chi connectivity index (χ3v) is 14.5. The van der Waals surface area contributed by atoms with Crippen molar-refractivity contribution in [2.45, 2.75) is 169 Å². The number of aliphatic hydroxyl groups is 5. The highest BCUT2D eigenvalue weighted by Crippen LogP contribution is 2.76. The maximum atomic E-state index is 12.2. The van der Waals surface area contributed by atoms with Crippen LogP contribution < -0.4 is 0 Å². The first kappa shape index (κ1) is 33.8. The Kier molecular flexibility index (Phi) is 8.89. The molecule has 248 valence electrons. The van der Waals surface area contributed by atoms with Crippen molar-refractivity contribution in [2.75, 3.05) is 0 Å². The summed E-state index contributed by atoms with van der Waals surface area (Å²) in [5, 5.41) is 55.1. The lowest BCUT2D eigenvalue weighted by Crippen LogP contribution is -2.67. The van der Waals surface area contributed by atoms with Gasteiger partial charge in [0.25, 0.3) is 0 Å². The molecule has 5 aliphatic rings. The Hall–Kier alpha value is -0.540. The Morgan fingerprint density at radius 3 is 2.16 bits per heavy atom. The topological polar surface area (TPSA) is 120 Å². The Morgan fingerprint density at radius 1 is 0.860 bits per heavy atom. The molecule has 1 aliphatic heterocycles. The van der Waals surface area contributed by atoms with Gasteiger partial charge in [-0.3, -0.25) is 0 Å². The molecule has 0 amide bonds. The summed E-state index contributed by atoms with van der Waals surface area (Å²) >= 11 is 0. The minimum absolute atomic E-state index is 0.0291. The number of allylic oxidation sites excluding steroid dienone is 2. The maximum Gasteiger partial charge on any atom is 0.187 e. The molecule has 0 aromatic heterocycles. The van der Waals surface area contributed by atoms with Crippen LogP contribution in [0.2, 0.25) is 0 Å². The maximum absolute atomic E-state index is 12.2. The van der Waals surface area contributed by atoms with Gasteiger partial charge in [-0.1, -0.05) is 46.3 Å². The van der Waals surface area contributed by atoms with Crippen molar-refractivity contribution < 1.29 is 35.0 Å². The molecule has 43 heavy (non-hydrogen) atoms. The van der Waals surface area contributed by atoms with Gasteiger partial charge in [0, 0.05) is 0 Å². The lowest BCUT2D eigenvalue weighted by atomic mass is 9.35. The van der Waals surface area contributed by atoms with E-state index in [0.717, 1.165) is 51.4 Å². The second kappa shape index (κ2) is 11.3. The molecule has 7 heteroatoms. The predicted octanol–water partition coefficient (Wildman–Crippen LogP) is 5.35. The molecule has 0 radical (unpaired) electrons. The molecule has 7 unspecified atom stereocenters. The van der Waals surface area contributed by atoms with Crippen molar-refractivity contribution in [1.82, 2.24) is 0 Å². The van der Waals surface area contributed by atoms with Gasteiger partial charge in [0.2, 0.25) is 0 Å². The summed E-state index contributed by atoms with van der Waals surface area (Å²) in [6.45, 7) is 19.9. The second-order valence-corrected chi connectivity index (χ2v) is 17.3. The van der Waals surface area contributed by atoms with Gasteiger partial charge in [-0.15, -0.1) is 0 Å². The average molecular weight is 607 g/mol. The van der Waals surface area contributed by atoms with Crippen LogP contribution in [0.5, 0.6) is 0 Å². The van der Waals surface area contributed by atoms with E-state index >= 15 is 0 Å². The van der Waals surface area contributed by atoms with Gasteiger partial charge in [-0.25, -0.2) is 0 Å². The first-order chi connectivity index (χ1) is 19.8. The SMILES string of the molecule is CC(C)=CCC[C@](C)(O[C@@H]1OC(C)[C@H](O)C(O)C1O)C1CC[C@]2(C)C1[C@H](O)CC1[C@@]3(C)CC[C@H](O)C(C)(C)C3CC[C@]12C. The fourth-order valence-electron chi connectivity index (χ4n) is 11.8. The van der Waals surface area contributed by atoms with Gasteiger partial charge in [-0.2, -0.15) is 0 Å². The van der Waals surface area contributed by atoms with Crippen LogP contribution in [-0.2, 0) is 9.47 Å². The third kappa shape index (κ3) is 5.10. The van der Waals surface area contributed by atoms with Gasteiger partial charge < -0.3 is 35.0 Å². The van der Waals surface area contributed by atoms with Crippen LogP contribution in [0.25, 0.3) is 0 Å². The second-order valence-electron chi connectivity index (χ2n) is 17.3. The molecule has 4 saturated carbocycles. The van der Waals surface area contributed by atoms with Gasteiger partial charge in [-0.05, 0) is 131 Å². The van der Waals surface area contributed by atoms with E-state index in [0.29, 0.717) is 18.3 Å². The van der Waals surface area contributed by atoms with E-state index in [4.69, 9.17) is 9.47 Å². The van der Waals surface area contributed by atoms with Crippen LogP contribution >= 0.6 is 0 Å². The molecule has 5 N–H and O–H groups in total. The van der Waals surface area contributed by atoms with Crippen LogP contribution in [0, 0.1) is 45.3 Å². The summed E-state index contributed by atoms with van der Waals surface area (Å²) < 4.78 is 12.8. The zero-order valence-electron chi connectivity index (χ0n) is 28.3. The van der Waals surface area contributed by atoms with Gasteiger partial charge in [0.15, 0.2) is 6.29 Å². The predicted molar refractivity (Wildman–Crippen MR) is 167 cm³/mol. The number of fused-ring (bicyclic) bond motifs is 5. The molecule has 4 aliphatic carbocycles. The fourth-order valence-corrected chi connectivity index (χ4v) is 11.8. The van der Waals surface area contributed by atoms with Crippen molar-refractivity contribution in [1.29, 1.82) is 0 Å². The van der Waals surface area contributed by atoms with E-state index in [1.807, 2.05) is 0 Å². The quantitative estimate of drug-likeness (QED) is 0.259. The van der Waals surface area contributed by atoms with E-state index in [1.165, 1.54) is 5.57 Å². The number of hydrogen-bond donors (Lipinski definition) is 5. The fraction of sp³-hybridized carbons (Fsp3) is 0.944.